The summed E-state index contributed by atoms with van der Waals surface area (Å²) >= 11 is 0. The van der Waals surface area contributed by atoms with Crippen molar-refractivity contribution < 1.29 is 41.7 Å². The van der Waals surface area contributed by atoms with Crippen molar-refractivity contribution in [1.82, 2.24) is 20.0 Å². The van der Waals surface area contributed by atoms with Crippen molar-refractivity contribution in [3.05, 3.63) is 83.3 Å². The van der Waals surface area contributed by atoms with Crippen LogP contribution in [0.25, 0.3) is 10.9 Å². The molecule has 300 valence electrons. The average Bonchev–Trinajstić information content (AvgIpc) is 3.66. The van der Waals surface area contributed by atoms with Crippen molar-refractivity contribution in [1.29, 1.82) is 0 Å². The van der Waals surface area contributed by atoms with E-state index >= 15 is 0 Å². The number of nitrogens with one attached hydrogen (secondary N) is 1. The van der Waals surface area contributed by atoms with Gasteiger partial charge in [-0.15, -0.1) is 0 Å². The number of unbranched alkanes of at least 4 members (excludes halogenated alkanes) is 1. The summed E-state index contributed by atoms with van der Waals surface area (Å²) in [5.74, 6) is -5.17. The van der Waals surface area contributed by atoms with Crippen LogP contribution in [0.1, 0.15) is 80.3 Å². The molecule has 1 saturated carbocycles. The molecule has 0 unspecified atom stereocenters. The zero-order valence-electron chi connectivity index (χ0n) is 32.0. The molecule has 56 heavy (non-hydrogen) atoms. The number of hydrogen-bond donors (Lipinski definition) is 1. The quantitative estimate of drug-likeness (QED) is 0.115. The van der Waals surface area contributed by atoms with Crippen LogP contribution >= 0.6 is 0 Å². The lowest BCUT2D eigenvalue weighted by Crippen LogP contribution is -2.58. The van der Waals surface area contributed by atoms with Crippen LogP contribution in [0, 0.1) is 23.4 Å². The Morgan fingerprint density at radius 3 is 2.48 bits per heavy atom. The summed E-state index contributed by atoms with van der Waals surface area (Å²) < 4.78 is 68.8. The van der Waals surface area contributed by atoms with Gasteiger partial charge in [0.05, 0.1) is 49.6 Å². The Hall–Kier alpha value is -4.98. The zero-order valence-corrected chi connectivity index (χ0v) is 32.0. The SMILES string of the molecule is CCCCOC(=O)N1CCOC2(CCN(c3ccc4cn(C5CCC(CNC(=O)c6cc(F)c(OCc7ccc(OC)cc7)c(F)c6F)CC5)nc4c3)CC2)C1. The summed E-state index contributed by atoms with van der Waals surface area (Å²) in [6.45, 7) is 5.84. The highest BCUT2D eigenvalue weighted by molar-refractivity contribution is 5.94. The Kier molecular flexibility index (Phi) is 12.2. The average molecular weight is 778 g/mol. The molecule has 0 atom stereocenters. The number of nitrogens with zero attached hydrogens (tertiary/aromatic N) is 4. The van der Waals surface area contributed by atoms with Crippen LogP contribution in [0.4, 0.5) is 23.7 Å². The van der Waals surface area contributed by atoms with Gasteiger partial charge in [0.25, 0.3) is 5.91 Å². The zero-order chi connectivity index (χ0) is 39.2. The maximum atomic E-state index is 15.0. The van der Waals surface area contributed by atoms with E-state index in [1.807, 2.05) is 4.68 Å². The molecule has 0 bridgehead atoms. The predicted molar refractivity (Wildman–Crippen MR) is 205 cm³/mol. The number of rotatable bonds is 12. The molecule has 2 aliphatic heterocycles. The topological polar surface area (TPSA) is 107 Å². The number of hydrogen-bond acceptors (Lipinski definition) is 8. The van der Waals surface area contributed by atoms with Gasteiger partial charge in [0, 0.05) is 43.4 Å². The molecule has 3 fully saturated rings. The number of aromatic nitrogens is 2. The van der Waals surface area contributed by atoms with Gasteiger partial charge in [-0.2, -0.15) is 9.49 Å². The number of carbonyl (C=O) groups excluding carboxylic acids is 2. The van der Waals surface area contributed by atoms with E-state index in [4.69, 9.17) is 24.0 Å². The van der Waals surface area contributed by atoms with Crippen molar-refractivity contribution in [2.24, 2.45) is 5.92 Å². The highest BCUT2D eigenvalue weighted by Gasteiger charge is 2.41. The van der Waals surface area contributed by atoms with Gasteiger partial charge in [-0.1, -0.05) is 25.5 Å². The molecule has 14 heteroatoms. The second-order valence-electron chi connectivity index (χ2n) is 15.1. The Labute approximate surface area is 325 Å². The molecule has 3 heterocycles. The number of amides is 2. The largest absolute Gasteiger partial charge is 0.497 e. The summed E-state index contributed by atoms with van der Waals surface area (Å²) in [6, 6.07) is 13.9. The van der Waals surface area contributed by atoms with E-state index in [1.165, 1.54) is 7.11 Å². The van der Waals surface area contributed by atoms with Crippen molar-refractivity contribution in [2.75, 3.05) is 57.9 Å². The lowest BCUT2D eigenvalue weighted by molar-refractivity contribution is -0.115. The van der Waals surface area contributed by atoms with Crippen molar-refractivity contribution in [3.63, 3.8) is 0 Å². The third-order valence-electron chi connectivity index (χ3n) is 11.4. The number of piperidine rings is 1. The highest BCUT2D eigenvalue weighted by atomic mass is 19.2. The van der Waals surface area contributed by atoms with Gasteiger partial charge in [-0.3, -0.25) is 9.48 Å². The standard InChI is InChI=1S/C42H50F3N5O6/c1-3-4-20-54-41(52)49-19-21-56-42(27-49)15-17-48(18-16-42)32-12-9-30-25-50(47-36(30)22-32)31-10-5-28(6-11-31)24-46-40(51)34-23-35(43)39(38(45)37(34)44)55-26-29-7-13-33(53-2)14-8-29/h7-9,12-14,22-23,25,28,31H,3-6,10-11,15-21,24,26-27H2,1-2H3,(H,46,51). The third-order valence-corrected chi connectivity index (χ3v) is 11.4. The van der Waals surface area contributed by atoms with Gasteiger partial charge >= 0.3 is 6.09 Å². The molecule has 3 aromatic carbocycles. The summed E-state index contributed by atoms with van der Waals surface area (Å²) in [4.78, 5) is 29.6. The number of methoxy groups -OCH3 is 1. The molecular formula is C42H50F3N5O6. The molecule has 1 aromatic heterocycles. The molecule has 2 saturated heterocycles. The van der Waals surface area contributed by atoms with E-state index in [2.05, 4.69) is 41.5 Å². The minimum Gasteiger partial charge on any atom is -0.497 e. The van der Waals surface area contributed by atoms with E-state index in [0.717, 1.165) is 81.0 Å². The maximum Gasteiger partial charge on any atom is 0.409 e. The number of benzene rings is 3. The van der Waals surface area contributed by atoms with Crippen molar-refractivity contribution >= 4 is 28.6 Å². The van der Waals surface area contributed by atoms with Crippen molar-refractivity contribution in [3.8, 4) is 11.5 Å². The van der Waals surface area contributed by atoms with Crippen molar-refractivity contribution in [2.45, 2.75) is 76.5 Å². The van der Waals surface area contributed by atoms with E-state index in [1.54, 1.807) is 29.2 Å². The lowest BCUT2D eigenvalue weighted by Gasteiger charge is -2.47. The summed E-state index contributed by atoms with van der Waals surface area (Å²) in [5.41, 5.74) is 1.58. The van der Waals surface area contributed by atoms with Gasteiger partial charge < -0.3 is 34.1 Å². The lowest BCUT2D eigenvalue weighted by atomic mass is 9.86. The van der Waals surface area contributed by atoms with E-state index in [9.17, 15) is 22.8 Å². The fourth-order valence-corrected chi connectivity index (χ4v) is 7.98. The first kappa shape index (κ1) is 39.3. The molecule has 1 spiro atoms. The van der Waals surface area contributed by atoms with Gasteiger partial charge in [-0.05, 0) is 92.8 Å². The molecule has 4 aromatic rings. The molecule has 0 radical (unpaired) electrons. The van der Waals surface area contributed by atoms with Crippen LogP contribution in [0.5, 0.6) is 11.5 Å². The van der Waals surface area contributed by atoms with Crippen LogP contribution in [0.3, 0.4) is 0 Å². The first-order valence-corrected chi connectivity index (χ1v) is 19.7. The Morgan fingerprint density at radius 2 is 1.75 bits per heavy atom. The van der Waals surface area contributed by atoms with Crippen LogP contribution in [-0.4, -0.2) is 85.3 Å². The number of carbonyl (C=O) groups is 2. The van der Waals surface area contributed by atoms with Gasteiger partial charge in [-0.25, -0.2) is 13.6 Å². The van der Waals surface area contributed by atoms with Crippen LogP contribution < -0.4 is 19.7 Å². The first-order valence-electron chi connectivity index (χ1n) is 19.7. The number of halogens is 3. The summed E-state index contributed by atoms with van der Waals surface area (Å²) in [7, 11) is 1.52. The monoisotopic (exact) mass is 777 g/mol. The minimum absolute atomic E-state index is 0.131. The van der Waals surface area contributed by atoms with E-state index in [-0.39, 0.29) is 36.8 Å². The molecule has 3 aliphatic rings. The number of fused-ring (bicyclic) bond motifs is 1. The number of morpholine rings is 1. The summed E-state index contributed by atoms with van der Waals surface area (Å²) in [6.07, 6.45) is 8.62. The molecule has 2 amide bonds. The van der Waals surface area contributed by atoms with Gasteiger partial charge in [0.15, 0.2) is 17.4 Å². The highest BCUT2D eigenvalue weighted by Crippen LogP contribution is 2.36. The fraction of sp³-hybridized carbons (Fsp3) is 0.500. The van der Waals surface area contributed by atoms with Gasteiger partial charge in [0.1, 0.15) is 12.4 Å². The van der Waals surface area contributed by atoms with E-state index < -0.39 is 34.7 Å². The smallest absolute Gasteiger partial charge is 0.409 e. The number of ether oxygens (including phenoxy) is 4. The minimum atomic E-state index is -1.55. The predicted octanol–water partition coefficient (Wildman–Crippen LogP) is 7.81. The second-order valence-corrected chi connectivity index (χ2v) is 15.1. The third kappa shape index (κ3) is 8.85. The molecule has 1 aliphatic carbocycles. The Morgan fingerprint density at radius 1 is 0.982 bits per heavy atom. The second kappa shape index (κ2) is 17.4. The fourth-order valence-electron chi connectivity index (χ4n) is 7.98. The first-order chi connectivity index (χ1) is 27.1. The van der Waals surface area contributed by atoms with Crippen LogP contribution in [0.2, 0.25) is 0 Å². The van der Waals surface area contributed by atoms with E-state index in [0.29, 0.717) is 43.7 Å². The Balaban J connectivity index is 0.882. The molecule has 11 nitrogen and oxygen atoms in total. The van der Waals surface area contributed by atoms with Crippen LogP contribution in [0.15, 0.2) is 54.7 Å². The molecule has 7 rings (SSSR count). The molecular weight excluding hydrogens is 727 g/mol. The van der Waals surface area contributed by atoms with Gasteiger partial charge in [0.2, 0.25) is 5.82 Å². The Bertz CT molecular complexity index is 1990. The summed E-state index contributed by atoms with van der Waals surface area (Å²) in [5, 5.41) is 8.69. The van der Waals surface area contributed by atoms with Crippen LogP contribution in [-0.2, 0) is 16.1 Å². The maximum absolute atomic E-state index is 15.0. The normalized spacial score (nSPS) is 19.6. The molecule has 1 N–H and O–H groups in total. The number of anilines is 1.